The maximum Gasteiger partial charge on any atom is 0.309 e. The molecule has 0 unspecified atom stereocenters. The fourth-order valence-electron chi connectivity index (χ4n) is 1.90. The summed E-state index contributed by atoms with van der Waals surface area (Å²) in [4.78, 5) is 22.1. The number of hydrogen-bond acceptors (Lipinski definition) is 4. The van der Waals surface area contributed by atoms with Crippen molar-refractivity contribution in [3.63, 3.8) is 0 Å². The first-order chi connectivity index (χ1) is 7.41. The van der Waals surface area contributed by atoms with E-state index in [2.05, 4.69) is 6.58 Å². The molecule has 1 heterocycles. The number of cyclic esters (lactones) is 1. The lowest BCUT2D eigenvalue weighted by Gasteiger charge is -2.33. The molecule has 0 N–H and O–H groups in total. The lowest BCUT2D eigenvalue weighted by Crippen LogP contribution is -2.38. The van der Waals surface area contributed by atoms with Crippen LogP contribution in [0.2, 0.25) is 0 Å². The molecule has 0 aromatic carbocycles. The summed E-state index contributed by atoms with van der Waals surface area (Å²) in [5.41, 5.74) is 0.642. The van der Waals surface area contributed by atoms with Crippen molar-refractivity contribution in [3.05, 3.63) is 12.2 Å². The Hall–Kier alpha value is -1.32. The molecule has 1 aliphatic rings. The third kappa shape index (κ3) is 3.08. The van der Waals surface area contributed by atoms with E-state index in [9.17, 15) is 9.59 Å². The second-order valence-corrected chi connectivity index (χ2v) is 4.41. The zero-order valence-electron chi connectivity index (χ0n) is 9.99. The van der Waals surface area contributed by atoms with E-state index in [1.165, 1.54) is 6.92 Å². The van der Waals surface area contributed by atoms with E-state index >= 15 is 0 Å². The van der Waals surface area contributed by atoms with E-state index in [1.807, 2.05) is 13.8 Å². The normalized spacial score (nSPS) is 29.4. The summed E-state index contributed by atoms with van der Waals surface area (Å²) in [5, 5.41) is 0. The van der Waals surface area contributed by atoms with Gasteiger partial charge in [0, 0.05) is 12.5 Å². The van der Waals surface area contributed by atoms with Crippen molar-refractivity contribution in [1.29, 1.82) is 0 Å². The molecule has 1 fully saturated rings. The molecule has 4 heteroatoms. The standard InChI is InChI=1S/C12H18O4/c1-7-5-8(2)12(14)16-11(7)9(3)6-15-10(4)13/h7-8,11H,3,5-6H2,1-2,4H3/t7-,8+,11-/m0/s1. The molecule has 16 heavy (non-hydrogen) atoms. The molecule has 1 saturated heterocycles. The highest BCUT2D eigenvalue weighted by Crippen LogP contribution is 2.29. The van der Waals surface area contributed by atoms with Gasteiger partial charge in [-0.2, -0.15) is 0 Å². The summed E-state index contributed by atoms with van der Waals surface area (Å²) in [7, 11) is 0. The Labute approximate surface area is 95.6 Å². The van der Waals surface area contributed by atoms with Gasteiger partial charge in [-0.3, -0.25) is 9.59 Å². The number of hydrogen-bond donors (Lipinski definition) is 0. The minimum Gasteiger partial charge on any atom is -0.461 e. The van der Waals surface area contributed by atoms with Gasteiger partial charge in [0.1, 0.15) is 12.7 Å². The fourth-order valence-corrected chi connectivity index (χ4v) is 1.90. The second-order valence-electron chi connectivity index (χ2n) is 4.41. The Morgan fingerprint density at radius 3 is 2.75 bits per heavy atom. The van der Waals surface area contributed by atoms with E-state index in [0.29, 0.717) is 5.57 Å². The van der Waals surface area contributed by atoms with Crippen LogP contribution in [0, 0.1) is 11.8 Å². The number of carbonyl (C=O) groups is 2. The fraction of sp³-hybridized carbons (Fsp3) is 0.667. The first-order valence-electron chi connectivity index (χ1n) is 5.43. The van der Waals surface area contributed by atoms with Gasteiger partial charge in [0.25, 0.3) is 0 Å². The summed E-state index contributed by atoms with van der Waals surface area (Å²) in [6.45, 7) is 9.12. The largest absolute Gasteiger partial charge is 0.461 e. The highest BCUT2D eigenvalue weighted by molar-refractivity contribution is 5.73. The summed E-state index contributed by atoms with van der Waals surface area (Å²) < 4.78 is 10.1. The van der Waals surface area contributed by atoms with Crippen LogP contribution < -0.4 is 0 Å². The van der Waals surface area contributed by atoms with Crippen molar-refractivity contribution in [3.8, 4) is 0 Å². The number of ether oxygens (including phenoxy) is 2. The minimum absolute atomic E-state index is 0.0622. The molecule has 90 valence electrons. The molecular formula is C12H18O4. The summed E-state index contributed by atoms with van der Waals surface area (Å²) >= 11 is 0. The van der Waals surface area contributed by atoms with Gasteiger partial charge in [0.05, 0.1) is 5.92 Å². The van der Waals surface area contributed by atoms with Crippen molar-refractivity contribution in [2.75, 3.05) is 6.61 Å². The molecular weight excluding hydrogens is 208 g/mol. The average Bonchev–Trinajstić information content (AvgIpc) is 2.20. The monoisotopic (exact) mass is 226 g/mol. The molecule has 0 saturated carbocycles. The van der Waals surface area contributed by atoms with Crippen LogP contribution in [-0.4, -0.2) is 24.6 Å². The Balaban J connectivity index is 2.55. The topological polar surface area (TPSA) is 52.6 Å². The molecule has 4 nitrogen and oxygen atoms in total. The lowest BCUT2D eigenvalue weighted by molar-refractivity contribution is -0.161. The Morgan fingerprint density at radius 1 is 1.56 bits per heavy atom. The average molecular weight is 226 g/mol. The zero-order valence-corrected chi connectivity index (χ0v) is 9.99. The van der Waals surface area contributed by atoms with Crippen LogP contribution in [0.4, 0.5) is 0 Å². The second kappa shape index (κ2) is 5.14. The van der Waals surface area contributed by atoms with Crippen LogP contribution in [-0.2, 0) is 19.1 Å². The highest BCUT2D eigenvalue weighted by Gasteiger charge is 2.34. The molecule has 0 bridgehead atoms. The summed E-state index contributed by atoms with van der Waals surface area (Å²) in [6, 6.07) is 0. The van der Waals surface area contributed by atoms with Crippen LogP contribution in [0.5, 0.6) is 0 Å². The zero-order chi connectivity index (χ0) is 12.3. The van der Waals surface area contributed by atoms with E-state index < -0.39 is 0 Å². The van der Waals surface area contributed by atoms with E-state index in [1.54, 1.807) is 0 Å². The number of carbonyl (C=O) groups excluding carboxylic acids is 2. The van der Waals surface area contributed by atoms with Gasteiger partial charge in [-0.1, -0.05) is 20.4 Å². The Morgan fingerprint density at radius 2 is 2.19 bits per heavy atom. The Kier molecular flexibility index (Phi) is 4.10. The maximum atomic E-state index is 11.4. The van der Waals surface area contributed by atoms with Gasteiger partial charge in [0.15, 0.2) is 0 Å². The van der Waals surface area contributed by atoms with Gasteiger partial charge < -0.3 is 9.47 Å². The summed E-state index contributed by atoms with van der Waals surface area (Å²) in [5.74, 6) is -0.403. The molecule has 0 radical (unpaired) electrons. The predicted octanol–water partition coefficient (Wildman–Crippen LogP) is 1.69. The van der Waals surface area contributed by atoms with Gasteiger partial charge in [-0.05, 0) is 12.3 Å². The van der Waals surface area contributed by atoms with Crippen LogP contribution in [0.1, 0.15) is 27.2 Å². The van der Waals surface area contributed by atoms with Gasteiger partial charge in [0.2, 0.25) is 0 Å². The molecule has 0 aromatic heterocycles. The first kappa shape index (κ1) is 12.7. The molecule has 0 aliphatic carbocycles. The molecule has 0 aromatic rings. The van der Waals surface area contributed by atoms with Crippen molar-refractivity contribution >= 4 is 11.9 Å². The van der Waals surface area contributed by atoms with Crippen molar-refractivity contribution in [1.82, 2.24) is 0 Å². The highest BCUT2D eigenvalue weighted by atomic mass is 16.6. The van der Waals surface area contributed by atoms with E-state index in [4.69, 9.17) is 9.47 Å². The molecule has 1 aliphatic heterocycles. The van der Waals surface area contributed by atoms with Gasteiger partial charge >= 0.3 is 11.9 Å². The van der Waals surface area contributed by atoms with Crippen LogP contribution in [0.15, 0.2) is 12.2 Å². The SMILES string of the molecule is C=C(COC(C)=O)[C@H]1OC(=O)[C@H](C)C[C@@H]1C. The van der Waals surface area contributed by atoms with E-state index in [0.717, 1.165) is 6.42 Å². The quantitative estimate of drug-likeness (QED) is 0.543. The van der Waals surface area contributed by atoms with Crippen molar-refractivity contribution in [2.24, 2.45) is 11.8 Å². The lowest BCUT2D eigenvalue weighted by atomic mass is 9.87. The van der Waals surface area contributed by atoms with Crippen molar-refractivity contribution in [2.45, 2.75) is 33.3 Å². The third-order valence-corrected chi connectivity index (χ3v) is 2.75. The number of esters is 2. The maximum absolute atomic E-state index is 11.4. The van der Waals surface area contributed by atoms with Crippen LogP contribution >= 0.6 is 0 Å². The third-order valence-electron chi connectivity index (χ3n) is 2.75. The van der Waals surface area contributed by atoms with Crippen LogP contribution in [0.25, 0.3) is 0 Å². The predicted molar refractivity (Wildman–Crippen MR) is 58.6 cm³/mol. The first-order valence-corrected chi connectivity index (χ1v) is 5.43. The molecule has 3 atom stereocenters. The minimum atomic E-state index is -0.357. The smallest absolute Gasteiger partial charge is 0.309 e. The van der Waals surface area contributed by atoms with Gasteiger partial charge in [-0.15, -0.1) is 0 Å². The van der Waals surface area contributed by atoms with Crippen LogP contribution in [0.3, 0.4) is 0 Å². The van der Waals surface area contributed by atoms with E-state index in [-0.39, 0.29) is 36.5 Å². The van der Waals surface area contributed by atoms with Gasteiger partial charge in [-0.25, -0.2) is 0 Å². The van der Waals surface area contributed by atoms with Crippen molar-refractivity contribution < 1.29 is 19.1 Å². The molecule has 1 rings (SSSR count). The molecule has 0 spiro atoms. The summed E-state index contributed by atoms with van der Waals surface area (Å²) in [6.07, 6.45) is 0.450. The molecule has 0 amide bonds. The Bertz CT molecular complexity index is 308. The number of rotatable bonds is 3.